The number of aromatic nitrogens is 2. The Morgan fingerprint density at radius 1 is 0.957 bits per heavy atom. The maximum Gasteiger partial charge on any atom is 0.253 e. The summed E-state index contributed by atoms with van der Waals surface area (Å²) in [5.74, 6) is 1.96. The molecule has 1 fully saturated rings. The van der Waals surface area contributed by atoms with Gasteiger partial charge in [0.25, 0.3) is 5.91 Å². The molecule has 0 bridgehead atoms. The normalized spacial score (nSPS) is 14.1. The zero-order chi connectivity index (χ0) is 32.7. The number of amides is 2. The monoisotopic (exact) mass is 625 g/mol. The summed E-state index contributed by atoms with van der Waals surface area (Å²) in [6.07, 6.45) is 2.01. The highest BCUT2D eigenvalue weighted by Crippen LogP contribution is 2.28. The third-order valence-corrected chi connectivity index (χ3v) is 8.37. The van der Waals surface area contributed by atoms with Crippen LogP contribution in [-0.4, -0.2) is 60.7 Å². The van der Waals surface area contributed by atoms with Crippen molar-refractivity contribution < 1.29 is 23.6 Å². The fraction of sp³-hybridized carbons (Fsp3) is 0.389. The predicted molar refractivity (Wildman–Crippen MR) is 177 cm³/mol. The highest BCUT2D eigenvalue weighted by molar-refractivity contribution is 6.04. The van der Waals surface area contributed by atoms with Crippen LogP contribution < -0.4 is 20.1 Å². The Morgan fingerprint density at radius 2 is 1.67 bits per heavy atom. The molecule has 3 aromatic carbocycles. The van der Waals surface area contributed by atoms with Crippen molar-refractivity contribution in [1.29, 1.82) is 0 Å². The van der Waals surface area contributed by atoms with Crippen molar-refractivity contribution in [1.82, 2.24) is 20.4 Å². The van der Waals surface area contributed by atoms with E-state index < -0.39 is 0 Å². The van der Waals surface area contributed by atoms with Crippen LogP contribution in [-0.2, 0) is 23.2 Å². The summed E-state index contributed by atoms with van der Waals surface area (Å²) in [4.78, 5) is 33.1. The van der Waals surface area contributed by atoms with Crippen molar-refractivity contribution in [3.63, 3.8) is 0 Å². The number of ether oxygens (including phenoxy) is 2. The van der Waals surface area contributed by atoms with E-state index in [0.29, 0.717) is 66.8 Å². The van der Waals surface area contributed by atoms with Crippen LogP contribution in [0.25, 0.3) is 11.4 Å². The molecule has 1 aromatic heterocycles. The molecule has 2 heterocycles. The topological polar surface area (TPSA) is 119 Å². The number of likely N-dealkylation sites (tertiary alicyclic amines) is 1. The molecule has 0 radical (unpaired) electrons. The van der Waals surface area contributed by atoms with Gasteiger partial charge in [0.1, 0.15) is 0 Å². The molecular formula is C36H43N5O5. The summed E-state index contributed by atoms with van der Waals surface area (Å²) in [5, 5.41) is 10.2. The van der Waals surface area contributed by atoms with E-state index >= 15 is 0 Å². The molecule has 0 spiro atoms. The number of piperidine rings is 1. The lowest BCUT2D eigenvalue weighted by molar-refractivity contribution is -0.121. The summed E-state index contributed by atoms with van der Waals surface area (Å²) >= 11 is 0. The van der Waals surface area contributed by atoms with Crippen LogP contribution in [0.2, 0.25) is 0 Å². The number of benzene rings is 3. The fourth-order valence-electron chi connectivity index (χ4n) is 5.58. The summed E-state index contributed by atoms with van der Waals surface area (Å²) in [7, 11) is 3.19. The number of hydrogen-bond donors (Lipinski definition) is 2. The number of rotatable bonds is 11. The Balaban J connectivity index is 1.10. The minimum absolute atomic E-state index is 0.0796. The smallest absolute Gasteiger partial charge is 0.253 e. The second kappa shape index (κ2) is 14.6. The lowest BCUT2D eigenvalue weighted by Crippen LogP contribution is -2.38. The van der Waals surface area contributed by atoms with Gasteiger partial charge in [-0.15, -0.1) is 0 Å². The highest BCUT2D eigenvalue weighted by Gasteiger charge is 2.27. The van der Waals surface area contributed by atoms with Gasteiger partial charge in [-0.05, 0) is 73.2 Å². The Bertz CT molecular complexity index is 1640. The number of nitrogens with one attached hydrogen (secondary N) is 2. The first kappa shape index (κ1) is 32.7. The van der Waals surface area contributed by atoms with Crippen molar-refractivity contribution in [3.8, 4) is 22.9 Å². The zero-order valence-corrected chi connectivity index (χ0v) is 27.3. The molecule has 2 N–H and O–H groups in total. The molecule has 1 saturated heterocycles. The van der Waals surface area contributed by atoms with E-state index in [1.165, 1.54) is 5.56 Å². The molecule has 10 nitrogen and oxygen atoms in total. The number of carbonyl (C=O) groups excluding carboxylic acids is 2. The van der Waals surface area contributed by atoms with Gasteiger partial charge in [-0.25, -0.2) is 0 Å². The van der Waals surface area contributed by atoms with Crippen LogP contribution in [0.3, 0.4) is 0 Å². The number of para-hydroxylation sites is 1. The van der Waals surface area contributed by atoms with Gasteiger partial charge in [-0.2, -0.15) is 4.98 Å². The van der Waals surface area contributed by atoms with Crippen molar-refractivity contribution in [3.05, 3.63) is 89.3 Å². The van der Waals surface area contributed by atoms with Crippen molar-refractivity contribution in [2.75, 3.05) is 39.2 Å². The number of carbonyl (C=O) groups is 2. The third kappa shape index (κ3) is 8.11. The predicted octanol–water partition coefficient (Wildman–Crippen LogP) is 5.87. The Kier molecular flexibility index (Phi) is 10.4. The molecule has 46 heavy (non-hydrogen) atoms. The lowest BCUT2D eigenvalue weighted by atomic mass is 9.87. The van der Waals surface area contributed by atoms with Crippen LogP contribution in [0.1, 0.15) is 61.0 Å². The van der Waals surface area contributed by atoms with Crippen LogP contribution in [0.15, 0.2) is 71.3 Å². The average Bonchev–Trinajstić information content (AvgIpc) is 3.53. The van der Waals surface area contributed by atoms with Crippen LogP contribution >= 0.6 is 0 Å². The van der Waals surface area contributed by atoms with Crippen LogP contribution in [0.5, 0.6) is 11.5 Å². The van der Waals surface area contributed by atoms with Crippen LogP contribution in [0, 0.1) is 5.92 Å². The second-order valence-corrected chi connectivity index (χ2v) is 12.6. The van der Waals surface area contributed by atoms with Crippen molar-refractivity contribution >= 4 is 17.5 Å². The van der Waals surface area contributed by atoms with E-state index in [4.69, 9.17) is 14.0 Å². The molecule has 10 heteroatoms. The molecule has 242 valence electrons. The Hall–Kier alpha value is -4.70. The fourth-order valence-corrected chi connectivity index (χ4v) is 5.58. The number of anilines is 1. The molecule has 0 unspecified atom stereocenters. The van der Waals surface area contributed by atoms with Gasteiger partial charge in [0, 0.05) is 18.0 Å². The lowest BCUT2D eigenvalue weighted by Gasteiger charge is -2.30. The standard InChI is InChI=1S/C36H43N5O5/c1-36(2,3)27-13-11-25(12-14-27)33-39-32(46-40-33)23-41-20-17-26(18-21-41)34(42)38-29-9-7-6-8-28(29)35(43)37-19-16-24-10-15-30(44-4)31(22-24)45-5/h6-15,22,26H,16-21,23H2,1-5H3,(H,37,43)(H,38,42). The van der Waals surface area contributed by atoms with Gasteiger partial charge in [0.05, 0.1) is 32.0 Å². The second-order valence-electron chi connectivity index (χ2n) is 12.6. The summed E-state index contributed by atoms with van der Waals surface area (Å²) in [6, 6.07) is 21.1. The molecule has 0 aliphatic carbocycles. The Morgan fingerprint density at radius 3 is 2.37 bits per heavy atom. The summed E-state index contributed by atoms with van der Waals surface area (Å²) < 4.78 is 16.2. The van der Waals surface area contributed by atoms with E-state index in [-0.39, 0.29) is 23.1 Å². The molecule has 1 aliphatic heterocycles. The van der Waals surface area contributed by atoms with Gasteiger partial charge in [-0.3, -0.25) is 14.5 Å². The van der Waals surface area contributed by atoms with E-state index in [1.54, 1.807) is 32.4 Å². The van der Waals surface area contributed by atoms with Crippen molar-refractivity contribution in [2.24, 2.45) is 5.92 Å². The quantitative estimate of drug-likeness (QED) is 0.212. The number of methoxy groups -OCH3 is 2. The maximum atomic E-state index is 13.2. The van der Waals surface area contributed by atoms with Crippen molar-refractivity contribution in [2.45, 2.75) is 52.0 Å². The first-order chi connectivity index (χ1) is 22.1. The molecular weight excluding hydrogens is 582 g/mol. The number of nitrogens with zero attached hydrogens (tertiary/aromatic N) is 3. The third-order valence-electron chi connectivity index (χ3n) is 8.37. The van der Waals surface area contributed by atoms with Gasteiger partial charge in [0.2, 0.25) is 17.6 Å². The van der Waals surface area contributed by atoms with E-state index in [2.05, 4.69) is 58.6 Å². The SMILES string of the molecule is COc1ccc(CCNC(=O)c2ccccc2NC(=O)C2CCN(Cc3nc(-c4ccc(C(C)(C)C)cc4)no3)CC2)cc1OC. The summed E-state index contributed by atoms with van der Waals surface area (Å²) in [6.45, 7) is 8.98. The van der Waals surface area contributed by atoms with Crippen LogP contribution in [0.4, 0.5) is 5.69 Å². The van der Waals surface area contributed by atoms with E-state index in [1.807, 2.05) is 36.4 Å². The first-order valence-electron chi connectivity index (χ1n) is 15.7. The Labute approximate surface area is 270 Å². The molecule has 2 amide bonds. The highest BCUT2D eigenvalue weighted by atomic mass is 16.5. The molecule has 0 atom stereocenters. The maximum absolute atomic E-state index is 13.2. The number of hydrogen-bond acceptors (Lipinski definition) is 8. The molecule has 0 saturated carbocycles. The minimum atomic E-state index is -0.240. The first-order valence-corrected chi connectivity index (χ1v) is 15.7. The van der Waals surface area contributed by atoms with Gasteiger partial charge in [0.15, 0.2) is 11.5 Å². The van der Waals surface area contributed by atoms with E-state index in [0.717, 1.165) is 24.2 Å². The molecule has 5 rings (SSSR count). The summed E-state index contributed by atoms with van der Waals surface area (Å²) in [5.41, 5.74) is 4.20. The molecule has 4 aromatic rings. The minimum Gasteiger partial charge on any atom is -0.493 e. The van der Waals surface area contributed by atoms with E-state index in [9.17, 15) is 9.59 Å². The van der Waals surface area contributed by atoms with Gasteiger partial charge < -0.3 is 24.6 Å². The average molecular weight is 626 g/mol. The zero-order valence-electron chi connectivity index (χ0n) is 27.3. The molecule has 1 aliphatic rings. The largest absolute Gasteiger partial charge is 0.493 e. The van der Waals surface area contributed by atoms with Gasteiger partial charge >= 0.3 is 0 Å². The van der Waals surface area contributed by atoms with Gasteiger partial charge in [-0.1, -0.05) is 68.4 Å².